The van der Waals surface area contributed by atoms with Gasteiger partial charge in [0.2, 0.25) is 10.0 Å². The number of rotatable bonds is 3. The Morgan fingerprint density at radius 2 is 2.11 bits per heavy atom. The van der Waals surface area contributed by atoms with Crippen molar-refractivity contribution in [2.24, 2.45) is 0 Å². The average Bonchev–Trinajstić information content (AvgIpc) is 2.66. The Morgan fingerprint density at radius 1 is 1.39 bits per heavy atom. The van der Waals surface area contributed by atoms with E-state index in [4.69, 9.17) is 28.9 Å². The number of nitrogens with one attached hydrogen (secondary N) is 1. The molecule has 1 aromatic carbocycles. The lowest BCUT2D eigenvalue weighted by Gasteiger charge is -2.14. The molecule has 0 spiro atoms. The third kappa shape index (κ3) is 3.05. The number of thioether (sulfide) groups is 1. The van der Waals surface area contributed by atoms with Crippen molar-refractivity contribution in [3.05, 3.63) is 22.2 Å². The van der Waals surface area contributed by atoms with Crippen LogP contribution in [0, 0.1) is 0 Å². The molecule has 0 saturated carbocycles. The van der Waals surface area contributed by atoms with E-state index < -0.39 is 10.0 Å². The number of nitrogens with two attached hydrogens (primary N) is 1. The monoisotopic (exact) mass is 326 g/mol. The first kappa shape index (κ1) is 14.3. The summed E-state index contributed by atoms with van der Waals surface area (Å²) in [6.07, 6.45) is 0.814. The molecule has 1 fully saturated rings. The highest BCUT2D eigenvalue weighted by Crippen LogP contribution is 2.31. The summed E-state index contributed by atoms with van der Waals surface area (Å²) in [7, 11) is -3.70. The van der Waals surface area contributed by atoms with Gasteiger partial charge in [-0.25, -0.2) is 13.1 Å². The number of hydrogen-bond donors (Lipinski definition) is 2. The molecule has 1 heterocycles. The van der Waals surface area contributed by atoms with Crippen LogP contribution >= 0.6 is 35.0 Å². The summed E-state index contributed by atoms with van der Waals surface area (Å²) < 4.78 is 27.0. The second kappa shape index (κ2) is 5.46. The van der Waals surface area contributed by atoms with Gasteiger partial charge in [0.1, 0.15) is 4.90 Å². The summed E-state index contributed by atoms with van der Waals surface area (Å²) in [5, 5.41) is 0.353. The van der Waals surface area contributed by atoms with Crippen LogP contribution in [0.15, 0.2) is 17.0 Å². The molecule has 0 aliphatic carbocycles. The molecule has 4 nitrogen and oxygen atoms in total. The molecule has 1 aromatic rings. The Kier molecular flexibility index (Phi) is 4.33. The standard InChI is InChI=1S/C10H12Cl2N2O2S2/c11-6-3-8(12)10(9(13)4-6)18(15,16)14-7-1-2-17-5-7/h3-4,7,14H,1-2,5,13H2. The van der Waals surface area contributed by atoms with E-state index in [1.807, 2.05) is 0 Å². The van der Waals surface area contributed by atoms with Crippen molar-refractivity contribution in [3.8, 4) is 0 Å². The van der Waals surface area contributed by atoms with Crippen LogP contribution < -0.4 is 10.5 Å². The van der Waals surface area contributed by atoms with E-state index in [0.717, 1.165) is 17.9 Å². The zero-order chi connectivity index (χ0) is 13.3. The minimum absolute atomic E-state index is 0.0400. The van der Waals surface area contributed by atoms with Gasteiger partial charge in [-0.2, -0.15) is 11.8 Å². The quantitative estimate of drug-likeness (QED) is 0.836. The van der Waals surface area contributed by atoms with Gasteiger partial charge < -0.3 is 5.73 Å². The fourth-order valence-electron chi connectivity index (χ4n) is 1.77. The number of nitrogen functional groups attached to an aromatic ring is 1. The van der Waals surface area contributed by atoms with Gasteiger partial charge in [-0.1, -0.05) is 23.2 Å². The van der Waals surface area contributed by atoms with Crippen molar-refractivity contribution < 1.29 is 8.42 Å². The molecule has 0 aromatic heterocycles. The van der Waals surface area contributed by atoms with Crippen LogP contribution in [0.1, 0.15) is 6.42 Å². The van der Waals surface area contributed by atoms with Gasteiger partial charge in [0.25, 0.3) is 0 Å². The Labute approximate surface area is 120 Å². The van der Waals surface area contributed by atoms with Gasteiger partial charge in [0, 0.05) is 16.8 Å². The first-order valence-corrected chi connectivity index (χ1v) is 8.64. The summed E-state index contributed by atoms with van der Waals surface area (Å²) in [6.45, 7) is 0. The van der Waals surface area contributed by atoms with Crippen molar-refractivity contribution in [2.45, 2.75) is 17.4 Å². The van der Waals surface area contributed by atoms with E-state index in [0.29, 0.717) is 5.02 Å². The zero-order valence-corrected chi connectivity index (χ0v) is 12.5. The predicted octanol–water partition coefficient (Wildman–Crippen LogP) is 2.36. The highest BCUT2D eigenvalue weighted by Gasteiger charge is 2.27. The van der Waals surface area contributed by atoms with Crippen LogP contribution in [0.3, 0.4) is 0 Å². The Bertz CT molecular complexity index is 534. The van der Waals surface area contributed by atoms with Crippen LogP contribution in [-0.2, 0) is 10.0 Å². The first-order valence-electron chi connectivity index (χ1n) is 5.25. The second-order valence-corrected chi connectivity index (χ2v) is 7.63. The van der Waals surface area contributed by atoms with Crippen LogP contribution in [0.25, 0.3) is 0 Å². The Hall–Kier alpha value is -0.140. The summed E-state index contributed by atoms with van der Waals surface area (Å²) in [4.78, 5) is -0.0922. The molecular weight excluding hydrogens is 315 g/mol. The molecule has 8 heteroatoms. The Morgan fingerprint density at radius 3 is 2.67 bits per heavy atom. The van der Waals surface area contributed by atoms with Gasteiger partial charge in [-0.05, 0) is 24.3 Å². The lowest BCUT2D eigenvalue weighted by Crippen LogP contribution is -2.35. The molecule has 1 aliphatic heterocycles. The van der Waals surface area contributed by atoms with Crippen LogP contribution in [0.2, 0.25) is 10.0 Å². The lowest BCUT2D eigenvalue weighted by molar-refractivity contribution is 0.563. The van der Waals surface area contributed by atoms with Crippen molar-refractivity contribution >= 4 is 50.7 Å². The summed E-state index contributed by atoms with van der Waals surface area (Å²) >= 11 is 13.4. The molecule has 0 bridgehead atoms. The second-order valence-electron chi connectivity index (χ2n) is 3.99. The molecule has 1 aliphatic rings. The molecule has 0 radical (unpaired) electrons. The van der Waals surface area contributed by atoms with Crippen molar-refractivity contribution in [3.63, 3.8) is 0 Å². The smallest absolute Gasteiger partial charge is 0.244 e. The topological polar surface area (TPSA) is 72.2 Å². The van der Waals surface area contributed by atoms with Gasteiger partial charge >= 0.3 is 0 Å². The third-order valence-electron chi connectivity index (χ3n) is 2.56. The number of sulfonamides is 1. The molecule has 1 unspecified atom stereocenters. The SMILES string of the molecule is Nc1cc(Cl)cc(Cl)c1S(=O)(=O)NC1CCSC1. The number of halogens is 2. The maximum absolute atomic E-state index is 12.2. The normalized spacial score (nSPS) is 20.2. The third-order valence-corrected chi connectivity index (χ3v) is 5.98. The number of hydrogen-bond acceptors (Lipinski definition) is 4. The van der Waals surface area contributed by atoms with E-state index in [2.05, 4.69) is 4.72 Å². The fourth-order valence-corrected chi connectivity index (χ4v) is 5.28. The van der Waals surface area contributed by atoms with Crippen LogP contribution in [-0.4, -0.2) is 26.0 Å². The summed E-state index contributed by atoms with van der Waals surface area (Å²) in [5.74, 6) is 1.72. The molecular formula is C10H12Cl2N2O2S2. The summed E-state index contributed by atoms with van der Waals surface area (Å²) in [5.41, 5.74) is 5.75. The molecule has 3 N–H and O–H groups in total. The van der Waals surface area contributed by atoms with E-state index in [1.165, 1.54) is 12.1 Å². The van der Waals surface area contributed by atoms with Gasteiger partial charge in [0.05, 0.1) is 10.7 Å². The molecule has 18 heavy (non-hydrogen) atoms. The Balaban J connectivity index is 2.34. The minimum Gasteiger partial charge on any atom is -0.398 e. The van der Waals surface area contributed by atoms with Crippen molar-refractivity contribution in [1.82, 2.24) is 4.72 Å². The van der Waals surface area contributed by atoms with E-state index >= 15 is 0 Å². The fraction of sp³-hybridized carbons (Fsp3) is 0.400. The van der Waals surface area contributed by atoms with Crippen LogP contribution in [0.4, 0.5) is 5.69 Å². The minimum atomic E-state index is -3.70. The van der Waals surface area contributed by atoms with E-state index in [-0.39, 0.29) is 21.6 Å². The molecule has 2 rings (SSSR count). The highest BCUT2D eigenvalue weighted by atomic mass is 35.5. The molecule has 0 amide bonds. The van der Waals surface area contributed by atoms with Crippen LogP contribution in [0.5, 0.6) is 0 Å². The highest BCUT2D eigenvalue weighted by molar-refractivity contribution is 7.99. The molecule has 100 valence electrons. The largest absolute Gasteiger partial charge is 0.398 e. The zero-order valence-electron chi connectivity index (χ0n) is 9.32. The van der Waals surface area contributed by atoms with Gasteiger partial charge in [-0.3, -0.25) is 0 Å². The molecule has 1 atom stereocenters. The lowest BCUT2D eigenvalue weighted by atomic mass is 10.3. The van der Waals surface area contributed by atoms with Crippen molar-refractivity contribution in [1.29, 1.82) is 0 Å². The van der Waals surface area contributed by atoms with Gasteiger partial charge in [-0.15, -0.1) is 0 Å². The number of anilines is 1. The predicted molar refractivity (Wildman–Crippen MR) is 76.9 cm³/mol. The van der Waals surface area contributed by atoms with Gasteiger partial charge in [0.15, 0.2) is 0 Å². The summed E-state index contributed by atoms with van der Waals surface area (Å²) in [6, 6.07) is 2.69. The maximum atomic E-state index is 12.2. The molecule has 1 saturated heterocycles. The maximum Gasteiger partial charge on any atom is 0.244 e. The number of benzene rings is 1. The van der Waals surface area contributed by atoms with Crippen molar-refractivity contribution in [2.75, 3.05) is 17.2 Å². The average molecular weight is 327 g/mol. The van der Waals surface area contributed by atoms with E-state index in [1.54, 1.807) is 11.8 Å². The van der Waals surface area contributed by atoms with E-state index in [9.17, 15) is 8.42 Å². The first-order chi connectivity index (χ1) is 8.40.